The molecule has 14 heteroatoms. The van der Waals surface area contributed by atoms with Crippen LogP contribution >= 0.6 is 0 Å². The number of tetrazole rings is 1. The van der Waals surface area contributed by atoms with Crippen LogP contribution in [0.1, 0.15) is 21.9 Å². The van der Waals surface area contributed by atoms with Crippen LogP contribution in [0.2, 0.25) is 0 Å². The van der Waals surface area contributed by atoms with Crippen molar-refractivity contribution in [3.8, 4) is 5.82 Å². The van der Waals surface area contributed by atoms with Crippen LogP contribution < -0.4 is 5.32 Å². The highest BCUT2D eigenvalue weighted by atomic mass is 19.4. The number of rotatable bonds is 5. The van der Waals surface area contributed by atoms with Gasteiger partial charge < -0.3 is 4.74 Å². The minimum absolute atomic E-state index is 0.00418. The molecular weight excluding hydrogens is 371 g/mol. The number of hydrogen-bond donors (Lipinski definition) is 1. The molecule has 3 aromatic heterocycles. The Labute approximate surface area is 149 Å². The Balaban J connectivity index is 2.03. The summed E-state index contributed by atoms with van der Waals surface area (Å²) in [7, 11) is 2.90. The maximum atomic E-state index is 13.0. The lowest BCUT2D eigenvalue weighted by molar-refractivity contribution is -0.141. The summed E-state index contributed by atoms with van der Waals surface area (Å²) in [5.41, 5.74) is -1.36. The van der Waals surface area contributed by atoms with E-state index in [-0.39, 0.29) is 29.8 Å². The third-order valence-corrected chi connectivity index (χ3v) is 3.29. The molecule has 0 atom stereocenters. The van der Waals surface area contributed by atoms with Gasteiger partial charge in [0.1, 0.15) is 18.6 Å². The van der Waals surface area contributed by atoms with Crippen molar-refractivity contribution in [2.24, 2.45) is 7.05 Å². The Bertz CT molecular complexity index is 966. The summed E-state index contributed by atoms with van der Waals surface area (Å²) in [6.07, 6.45) is -3.56. The summed E-state index contributed by atoms with van der Waals surface area (Å²) in [5.74, 6) is -0.912. The largest absolute Gasteiger partial charge is 0.433 e. The standard InChI is InChI=1S/C13H12F3N9O2/c1-24-12(20-22-23-24)19-11(26)7-3-4-8(13(14,15)16)18-10(7)25-6-17-9(21-25)5-27-2/h3-4,6H,5H2,1-2H3,(H,19,20,23,26). The molecule has 0 radical (unpaired) electrons. The molecular formula is C13H12F3N9O2. The van der Waals surface area contributed by atoms with Crippen molar-refractivity contribution in [2.45, 2.75) is 12.8 Å². The molecule has 0 aliphatic rings. The number of halogens is 3. The maximum Gasteiger partial charge on any atom is 0.433 e. The molecule has 0 unspecified atom stereocenters. The van der Waals surface area contributed by atoms with Gasteiger partial charge in [-0.2, -0.15) is 13.2 Å². The van der Waals surface area contributed by atoms with E-state index in [9.17, 15) is 18.0 Å². The second-order valence-electron chi connectivity index (χ2n) is 5.18. The number of methoxy groups -OCH3 is 1. The average Bonchev–Trinajstić information content (AvgIpc) is 3.23. The number of alkyl halides is 3. The number of nitrogens with one attached hydrogen (secondary N) is 1. The first-order valence-corrected chi connectivity index (χ1v) is 7.31. The Morgan fingerprint density at radius 1 is 1.33 bits per heavy atom. The number of amides is 1. The second kappa shape index (κ2) is 7.06. The van der Waals surface area contributed by atoms with E-state index in [1.54, 1.807) is 0 Å². The monoisotopic (exact) mass is 383 g/mol. The van der Waals surface area contributed by atoms with Crippen molar-refractivity contribution in [3.05, 3.63) is 35.5 Å². The van der Waals surface area contributed by atoms with Gasteiger partial charge in [0.05, 0.1) is 5.56 Å². The van der Waals surface area contributed by atoms with Gasteiger partial charge in [0, 0.05) is 14.2 Å². The molecule has 0 aliphatic heterocycles. The fourth-order valence-corrected chi connectivity index (χ4v) is 2.06. The van der Waals surface area contributed by atoms with Crippen molar-refractivity contribution >= 4 is 11.9 Å². The van der Waals surface area contributed by atoms with Crippen molar-refractivity contribution in [2.75, 3.05) is 12.4 Å². The number of aryl methyl sites for hydroxylation is 1. The second-order valence-corrected chi connectivity index (χ2v) is 5.18. The minimum atomic E-state index is -4.70. The quantitative estimate of drug-likeness (QED) is 0.679. The van der Waals surface area contributed by atoms with Crippen LogP contribution in [0.5, 0.6) is 0 Å². The molecule has 0 saturated heterocycles. The average molecular weight is 383 g/mol. The predicted octanol–water partition coefficient (Wildman–Crippen LogP) is 0.603. The van der Waals surface area contributed by atoms with Gasteiger partial charge in [-0.15, -0.1) is 5.10 Å². The molecule has 0 spiro atoms. The van der Waals surface area contributed by atoms with E-state index in [1.165, 1.54) is 18.8 Å². The summed E-state index contributed by atoms with van der Waals surface area (Å²) < 4.78 is 46.1. The lowest BCUT2D eigenvalue weighted by atomic mass is 10.2. The molecule has 3 rings (SSSR count). The number of carbonyl (C=O) groups excluding carboxylic acids is 1. The highest BCUT2D eigenvalue weighted by Gasteiger charge is 2.34. The van der Waals surface area contributed by atoms with Crippen LogP contribution in [-0.4, -0.2) is 53.0 Å². The molecule has 1 N–H and O–H groups in total. The lowest BCUT2D eigenvalue weighted by Crippen LogP contribution is -2.20. The molecule has 142 valence electrons. The minimum Gasteiger partial charge on any atom is -0.377 e. The maximum absolute atomic E-state index is 13.0. The fourth-order valence-electron chi connectivity index (χ4n) is 2.06. The van der Waals surface area contributed by atoms with Crippen LogP contribution in [0, 0.1) is 0 Å². The molecule has 11 nitrogen and oxygen atoms in total. The zero-order valence-electron chi connectivity index (χ0n) is 14.0. The van der Waals surface area contributed by atoms with Crippen LogP contribution in [-0.2, 0) is 24.6 Å². The van der Waals surface area contributed by atoms with Crippen LogP contribution in [0.25, 0.3) is 5.82 Å². The molecule has 3 heterocycles. The molecule has 0 bridgehead atoms. The highest BCUT2D eigenvalue weighted by molar-refractivity contribution is 6.05. The molecule has 0 aliphatic carbocycles. The fraction of sp³-hybridized carbons (Fsp3) is 0.308. The normalized spacial score (nSPS) is 11.6. The molecule has 0 aromatic carbocycles. The van der Waals surface area contributed by atoms with Gasteiger partial charge in [0.15, 0.2) is 11.6 Å². The first kappa shape index (κ1) is 18.4. The summed E-state index contributed by atoms with van der Waals surface area (Å²) in [6, 6.07) is 1.68. The molecule has 3 aromatic rings. The van der Waals surface area contributed by atoms with E-state index in [0.29, 0.717) is 6.07 Å². The Kier molecular flexibility index (Phi) is 4.81. The summed E-state index contributed by atoms with van der Waals surface area (Å²) >= 11 is 0. The van der Waals surface area contributed by atoms with Crippen molar-refractivity contribution in [3.63, 3.8) is 0 Å². The lowest BCUT2D eigenvalue weighted by Gasteiger charge is -2.12. The van der Waals surface area contributed by atoms with Crippen molar-refractivity contribution in [1.82, 2.24) is 40.0 Å². The number of aromatic nitrogens is 8. The first-order valence-electron chi connectivity index (χ1n) is 7.31. The SMILES string of the molecule is COCc1ncn(-c2nc(C(F)(F)F)ccc2C(=O)Nc2nnnn2C)n1. The number of anilines is 1. The van der Waals surface area contributed by atoms with Crippen molar-refractivity contribution in [1.29, 1.82) is 0 Å². The van der Waals surface area contributed by atoms with Crippen LogP contribution in [0.3, 0.4) is 0 Å². The summed E-state index contributed by atoms with van der Waals surface area (Å²) in [4.78, 5) is 20.0. The van der Waals surface area contributed by atoms with Crippen LogP contribution in [0.4, 0.5) is 19.1 Å². The number of hydrogen-bond acceptors (Lipinski definition) is 8. The van der Waals surface area contributed by atoms with Gasteiger partial charge in [-0.05, 0) is 22.6 Å². The van der Waals surface area contributed by atoms with Crippen molar-refractivity contribution < 1.29 is 22.7 Å². The number of carbonyl (C=O) groups is 1. The number of nitrogens with zero attached hydrogens (tertiary/aromatic N) is 8. The number of ether oxygens (including phenoxy) is 1. The predicted molar refractivity (Wildman–Crippen MR) is 81.6 cm³/mol. The van der Waals surface area contributed by atoms with Gasteiger partial charge in [0.25, 0.3) is 5.91 Å². The van der Waals surface area contributed by atoms with E-state index in [4.69, 9.17) is 4.74 Å². The van der Waals surface area contributed by atoms with E-state index >= 15 is 0 Å². The molecule has 0 saturated carbocycles. The Morgan fingerprint density at radius 3 is 2.74 bits per heavy atom. The van der Waals surface area contributed by atoms with E-state index in [0.717, 1.165) is 17.1 Å². The Morgan fingerprint density at radius 2 is 2.11 bits per heavy atom. The molecule has 0 fully saturated rings. The third-order valence-electron chi connectivity index (χ3n) is 3.29. The zero-order chi connectivity index (χ0) is 19.6. The molecule has 1 amide bonds. The Hall–Kier alpha value is -3.42. The highest BCUT2D eigenvalue weighted by Crippen LogP contribution is 2.29. The van der Waals surface area contributed by atoms with Gasteiger partial charge >= 0.3 is 6.18 Å². The third kappa shape index (κ3) is 3.89. The van der Waals surface area contributed by atoms with Crippen LogP contribution in [0.15, 0.2) is 18.5 Å². The van der Waals surface area contributed by atoms with Gasteiger partial charge in [0.2, 0.25) is 5.95 Å². The topological polar surface area (TPSA) is 126 Å². The summed E-state index contributed by atoms with van der Waals surface area (Å²) in [6.45, 7) is 0.0398. The van der Waals surface area contributed by atoms with Gasteiger partial charge in [-0.25, -0.2) is 19.3 Å². The smallest absolute Gasteiger partial charge is 0.377 e. The summed E-state index contributed by atoms with van der Waals surface area (Å²) in [5, 5.41) is 16.9. The number of pyridine rings is 1. The van der Waals surface area contributed by atoms with E-state index in [1.807, 2.05) is 0 Å². The van der Waals surface area contributed by atoms with Gasteiger partial charge in [-0.3, -0.25) is 10.1 Å². The first-order chi connectivity index (χ1) is 12.8. The van der Waals surface area contributed by atoms with E-state index in [2.05, 4.69) is 35.9 Å². The van der Waals surface area contributed by atoms with E-state index < -0.39 is 17.8 Å². The zero-order valence-corrected chi connectivity index (χ0v) is 14.0. The molecule has 27 heavy (non-hydrogen) atoms. The van der Waals surface area contributed by atoms with Gasteiger partial charge in [-0.1, -0.05) is 5.10 Å².